The van der Waals surface area contributed by atoms with Crippen molar-refractivity contribution in [3.05, 3.63) is 286 Å². The third-order valence-corrected chi connectivity index (χ3v) is 14.2. The van der Waals surface area contributed by atoms with Crippen molar-refractivity contribution >= 4 is 11.4 Å². The second-order valence-electron chi connectivity index (χ2n) is 18.1. The number of fused-ring (bicyclic) bond motifs is 10. The fourth-order valence-electron chi connectivity index (χ4n) is 10.6. The lowest BCUT2D eigenvalue weighted by molar-refractivity contribution is 0.679. The first-order chi connectivity index (χ1) is 32.5. The minimum absolute atomic E-state index is 0.543. The summed E-state index contributed by atoms with van der Waals surface area (Å²) in [7, 11) is 2.17. The van der Waals surface area contributed by atoms with Crippen LogP contribution >= 0.6 is 0 Å². The van der Waals surface area contributed by atoms with Gasteiger partial charge in [0.1, 0.15) is 0 Å². The van der Waals surface area contributed by atoms with Crippen LogP contribution in [0.15, 0.2) is 228 Å². The van der Waals surface area contributed by atoms with Crippen LogP contribution in [0.25, 0.3) is 22.3 Å². The monoisotopic (exact) mass is 853 g/mol. The van der Waals surface area contributed by atoms with Crippen LogP contribution in [0, 0.1) is 24.7 Å². The summed E-state index contributed by atoms with van der Waals surface area (Å²) in [4.78, 5) is 2.30. The molecule has 0 saturated carbocycles. The number of anilines is 2. The SMILES string of the molecule is CC.CC(CCc1ccc(N(C)c2ccc3c(c2)Cc2ccccc2-3)cc1)c1ccc2c(c1)Cc1ccccc1-2.[CH]1C=CC2=C3C=CC=C[C]3CC2=C1.[CH]1C=CC=C2C[C]3C=CC=CC3=C12. The lowest BCUT2D eigenvalue weighted by atomic mass is 9.91. The van der Waals surface area contributed by atoms with Crippen molar-refractivity contribution in [2.75, 3.05) is 11.9 Å². The average molecular weight is 854 g/mol. The van der Waals surface area contributed by atoms with Crippen molar-refractivity contribution < 1.29 is 0 Å². The molecular formula is C65H59N. The maximum absolute atomic E-state index is 2.45. The Labute approximate surface area is 394 Å². The molecule has 1 atom stereocenters. The fraction of sp³-hybridized carbons (Fsp3) is 0.169. The molecule has 4 radical (unpaired) electrons. The van der Waals surface area contributed by atoms with Crippen molar-refractivity contribution in [3.63, 3.8) is 0 Å². The van der Waals surface area contributed by atoms with E-state index in [1.807, 2.05) is 13.8 Å². The minimum atomic E-state index is 0.543. The number of nitrogens with zero attached hydrogens (tertiary/aromatic N) is 1. The molecule has 13 rings (SSSR count). The van der Waals surface area contributed by atoms with Crippen molar-refractivity contribution in [3.8, 4) is 22.3 Å². The molecule has 324 valence electrons. The van der Waals surface area contributed by atoms with Gasteiger partial charge in [0.15, 0.2) is 0 Å². The van der Waals surface area contributed by atoms with E-state index in [0.717, 1.165) is 38.5 Å². The standard InChI is InChI=1S/C37H33N.2C13H10.C2H6/c1-25(27-15-19-36-30(21-27)22-28-7-3-5-9-34(28)36)11-12-26-13-16-32(17-14-26)38(2)33-18-20-37-31(24-33)23-29-8-4-6-10-35(29)37;2*1-3-7-12-10(5-1)9-11-6-2-4-8-13(11)12;1-2/h3-10,13-21,24-25H,11-12,22-23H2,1-2H3;2*1-8H,9H2;1-2H3. The predicted octanol–water partition coefficient (Wildman–Crippen LogP) is 16.5. The third-order valence-electron chi connectivity index (χ3n) is 14.2. The predicted molar refractivity (Wildman–Crippen MR) is 281 cm³/mol. The molecule has 0 heterocycles. The maximum Gasteiger partial charge on any atom is 0.0411 e. The van der Waals surface area contributed by atoms with E-state index < -0.39 is 0 Å². The highest BCUT2D eigenvalue weighted by Gasteiger charge is 2.28. The number of aryl methyl sites for hydroxylation is 1. The molecule has 1 unspecified atom stereocenters. The van der Waals surface area contributed by atoms with Gasteiger partial charge in [0.2, 0.25) is 0 Å². The summed E-state index contributed by atoms with van der Waals surface area (Å²) < 4.78 is 0. The van der Waals surface area contributed by atoms with Crippen LogP contribution in [0.1, 0.15) is 79.3 Å². The topological polar surface area (TPSA) is 3.24 Å². The largest absolute Gasteiger partial charge is 0.345 e. The quantitative estimate of drug-likeness (QED) is 0.161. The van der Waals surface area contributed by atoms with Gasteiger partial charge in [-0.2, -0.15) is 0 Å². The first-order valence-corrected chi connectivity index (χ1v) is 24.1. The Kier molecular flexibility index (Phi) is 12.7. The normalized spacial score (nSPS) is 17.6. The van der Waals surface area contributed by atoms with Crippen molar-refractivity contribution in [1.29, 1.82) is 0 Å². The van der Waals surface area contributed by atoms with Gasteiger partial charge in [0.25, 0.3) is 0 Å². The van der Waals surface area contributed by atoms with Crippen LogP contribution in [0.2, 0.25) is 0 Å². The van der Waals surface area contributed by atoms with Gasteiger partial charge < -0.3 is 4.90 Å². The first kappa shape index (κ1) is 43.2. The van der Waals surface area contributed by atoms with Crippen LogP contribution < -0.4 is 4.90 Å². The summed E-state index contributed by atoms with van der Waals surface area (Å²) in [5.41, 5.74) is 25.4. The lowest BCUT2D eigenvalue weighted by Crippen LogP contribution is -2.09. The lowest BCUT2D eigenvalue weighted by Gasteiger charge is -2.21. The molecule has 0 spiro atoms. The van der Waals surface area contributed by atoms with Crippen LogP contribution in [-0.4, -0.2) is 7.05 Å². The van der Waals surface area contributed by atoms with E-state index in [4.69, 9.17) is 0 Å². The molecule has 0 bridgehead atoms. The summed E-state index contributed by atoms with van der Waals surface area (Å²) in [6.07, 6.45) is 41.2. The second kappa shape index (κ2) is 19.4. The van der Waals surface area contributed by atoms with Crippen molar-refractivity contribution in [2.45, 2.75) is 65.2 Å². The smallest absolute Gasteiger partial charge is 0.0411 e. The van der Waals surface area contributed by atoms with Gasteiger partial charge in [-0.3, -0.25) is 0 Å². The maximum atomic E-state index is 2.45. The molecule has 1 heteroatoms. The molecule has 0 aromatic heterocycles. The Morgan fingerprint density at radius 2 is 1.03 bits per heavy atom. The number of benzene rings is 5. The van der Waals surface area contributed by atoms with E-state index in [1.165, 1.54) is 112 Å². The van der Waals surface area contributed by atoms with Crippen LogP contribution in [0.3, 0.4) is 0 Å². The Bertz CT molecular complexity index is 2960. The van der Waals surface area contributed by atoms with Gasteiger partial charge in [0.05, 0.1) is 0 Å². The molecule has 0 aliphatic heterocycles. The van der Waals surface area contributed by atoms with Gasteiger partial charge in [-0.05, 0) is 158 Å². The molecule has 0 amide bonds. The average Bonchev–Trinajstić information content (AvgIpc) is 4.16. The second-order valence-corrected chi connectivity index (χ2v) is 18.1. The van der Waals surface area contributed by atoms with Gasteiger partial charge in [0, 0.05) is 43.1 Å². The zero-order valence-corrected chi connectivity index (χ0v) is 38.9. The zero-order chi connectivity index (χ0) is 45.0. The number of allylic oxidation sites excluding steroid dienone is 20. The van der Waals surface area contributed by atoms with Crippen LogP contribution in [0.4, 0.5) is 11.4 Å². The van der Waals surface area contributed by atoms with Gasteiger partial charge >= 0.3 is 0 Å². The van der Waals surface area contributed by atoms with E-state index >= 15 is 0 Å². The van der Waals surface area contributed by atoms with Crippen molar-refractivity contribution in [1.82, 2.24) is 0 Å². The van der Waals surface area contributed by atoms with E-state index in [-0.39, 0.29) is 0 Å². The van der Waals surface area contributed by atoms with E-state index in [0.29, 0.717) is 5.92 Å². The van der Waals surface area contributed by atoms with Crippen LogP contribution in [0.5, 0.6) is 0 Å². The summed E-state index contributed by atoms with van der Waals surface area (Å²) in [6, 6.07) is 40.8. The molecule has 0 fully saturated rings. The highest BCUT2D eigenvalue weighted by atomic mass is 15.1. The third kappa shape index (κ3) is 8.72. The van der Waals surface area contributed by atoms with E-state index in [9.17, 15) is 0 Å². The Balaban J connectivity index is 0.000000147. The van der Waals surface area contributed by atoms with E-state index in [1.54, 1.807) is 0 Å². The first-order valence-electron chi connectivity index (χ1n) is 24.1. The minimum Gasteiger partial charge on any atom is -0.345 e. The molecule has 0 saturated heterocycles. The van der Waals surface area contributed by atoms with Crippen molar-refractivity contribution in [2.24, 2.45) is 0 Å². The summed E-state index contributed by atoms with van der Waals surface area (Å²) >= 11 is 0. The molecule has 66 heavy (non-hydrogen) atoms. The fourth-order valence-corrected chi connectivity index (χ4v) is 10.6. The highest BCUT2D eigenvalue weighted by molar-refractivity contribution is 5.80. The summed E-state index contributed by atoms with van der Waals surface area (Å²) in [5, 5.41) is 0. The number of hydrogen-bond acceptors (Lipinski definition) is 1. The van der Waals surface area contributed by atoms with Gasteiger partial charge in [-0.1, -0.05) is 191 Å². The molecular weight excluding hydrogens is 795 g/mol. The van der Waals surface area contributed by atoms with Crippen LogP contribution in [-0.2, 0) is 19.3 Å². The Morgan fingerprint density at radius 3 is 1.73 bits per heavy atom. The summed E-state index contributed by atoms with van der Waals surface area (Å²) in [5.74, 6) is 3.47. The Hall–Kier alpha value is -6.70. The molecule has 0 N–H and O–H groups in total. The van der Waals surface area contributed by atoms with E-state index in [2.05, 4.69) is 226 Å². The van der Waals surface area contributed by atoms with Gasteiger partial charge in [-0.15, -0.1) is 0 Å². The molecule has 8 aliphatic rings. The molecule has 1 nitrogen and oxygen atoms in total. The van der Waals surface area contributed by atoms with Gasteiger partial charge in [-0.25, -0.2) is 0 Å². The summed E-state index contributed by atoms with van der Waals surface area (Å²) in [6.45, 7) is 6.37. The zero-order valence-electron chi connectivity index (χ0n) is 38.9. The molecule has 8 aliphatic carbocycles. The highest BCUT2D eigenvalue weighted by Crippen LogP contribution is 2.45. The number of hydrogen-bond donors (Lipinski definition) is 0. The molecule has 5 aromatic rings. The number of rotatable bonds is 6. The Morgan fingerprint density at radius 1 is 0.470 bits per heavy atom. The molecule has 5 aromatic carbocycles.